The van der Waals surface area contributed by atoms with E-state index in [9.17, 15) is 19.2 Å². The van der Waals surface area contributed by atoms with E-state index in [1.54, 1.807) is 38.2 Å². The summed E-state index contributed by atoms with van der Waals surface area (Å²) in [5, 5.41) is 5.98. The van der Waals surface area contributed by atoms with Crippen molar-refractivity contribution in [2.75, 3.05) is 27.2 Å². The lowest BCUT2D eigenvalue weighted by Crippen LogP contribution is -2.51. The van der Waals surface area contributed by atoms with Crippen molar-refractivity contribution < 1.29 is 23.9 Å². The number of likely N-dealkylation sites (N-methyl/N-ethyl adjacent to an activating group) is 1. The van der Waals surface area contributed by atoms with E-state index in [2.05, 4.69) is 16.1 Å². The number of methoxy groups -OCH3 is 1. The Bertz CT molecular complexity index is 812. The molecule has 1 aromatic carbocycles. The molecule has 0 aromatic heterocycles. The SMILES string of the molecule is COc1cccc(C2(C)NC(=O)N(NC(=O)CN(C)CC(=O)NC(C)C)C2=O)c1. The maximum atomic E-state index is 12.9. The Morgan fingerprint density at radius 3 is 2.52 bits per heavy atom. The Balaban J connectivity index is 2.02. The maximum Gasteiger partial charge on any atom is 0.344 e. The summed E-state index contributed by atoms with van der Waals surface area (Å²) in [6.07, 6.45) is 0. The highest BCUT2D eigenvalue weighted by Gasteiger charge is 2.50. The van der Waals surface area contributed by atoms with Crippen molar-refractivity contribution in [1.82, 2.24) is 26.0 Å². The highest BCUT2D eigenvalue weighted by atomic mass is 16.5. The first-order valence-electron chi connectivity index (χ1n) is 9.15. The molecule has 1 aliphatic heterocycles. The van der Waals surface area contributed by atoms with Gasteiger partial charge in [-0.1, -0.05) is 12.1 Å². The van der Waals surface area contributed by atoms with Crippen molar-refractivity contribution in [1.29, 1.82) is 0 Å². The van der Waals surface area contributed by atoms with Gasteiger partial charge in [-0.2, -0.15) is 5.01 Å². The minimum Gasteiger partial charge on any atom is -0.497 e. The summed E-state index contributed by atoms with van der Waals surface area (Å²) in [4.78, 5) is 50.7. The maximum absolute atomic E-state index is 12.9. The van der Waals surface area contributed by atoms with Gasteiger partial charge >= 0.3 is 6.03 Å². The molecule has 29 heavy (non-hydrogen) atoms. The molecule has 1 fully saturated rings. The average molecular weight is 405 g/mol. The standard InChI is InChI=1S/C19H27N5O5/c1-12(2)20-15(25)10-23(4)11-16(26)22-24-17(27)19(3,21-18(24)28)13-7-6-8-14(9-13)29-5/h6-9,12H,10-11H2,1-5H3,(H,20,25)(H,21,28)(H,22,26). The number of carbonyl (C=O) groups is 4. The number of hydrazine groups is 1. The molecule has 0 bridgehead atoms. The molecular formula is C19H27N5O5. The van der Waals surface area contributed by atoms with E-state index in [0.717, 1.165) is 0 Å². The summed E-state index contributed by atoms with van der Waals surface area (Å²) in [5.74, 6) is -0.905. The molecule has 1 heterocycles. The third kappa shape index (κ3) is 5.23. The number of rotatable bonds is 8. The molecule has 1 aliphatic rings. The zero-order chi connectivity index (χ0) is 21.8. The summed E-state index contributed by atoms with van der Waals surface area (Å²) in [6.45, 7) is 5.06. The van der Waals surface area contributed by atoms with Crippen molar-refractivity contribution in [3.05, 3.63) is 29.8 Å². The lowest BCUT2D eigenvalue weighted by molar-refractivity contribution is -0.139. The van der Waals surface area contributed by atoms with Crippen LogP contribution in [0.1, 0.15) is 26.3 Å². The highest BCUT2D eigenvalue weighted by molar-refractivity contribution is 6.08. The molecule has 0 radical (unpaired) electrons. The first-order valence-corrected chi connectivity index (χ1v) is 9.15. The quantitative estimate of drug-likeness (QED) is 0.522. The Kier molecular flexibility index (Phi) is 6.80. The Morgan fingerprint density at radius 2 is 1.90 bits per heavy atom. The molecule has 2 rings (SSSR count). The van der Waals surface area contributed by atoms with E-state index in [-0.39, 0.29) is 25.0 Å². The average Bonchev–Trinajstić information content (AvgIpc) is 2.85. The first-order chi connectivity index (χ1) is 13.6. The molecule has 10 heteroatoms. The van der Waals surface area contributed by atoms with Crippen LogP contribution in [0.4, 0.5) is 4.79 Å². The molecule has 1 aromatic rings. The van der Waals surface area contributed by atoms with E-state index < -0.39 is 23.4 Å². The number of imide groups is 1. The Morgan fingerprint density at radius 1 is 1.24 bits per heavy atom. The lowest BCUT2D eigenvalue weighted by Gasteiger charge is -2.23. The van der Waals surface area contributed by atoms with Crippen molar-refractivity contribution in [2.45, 2.75) is 32.4 Å². The minimum absolute atomic E-state index is 0.00721. The summed E-state index contributed by atoms with van der Waals surface area (Å²) < 4.78 is 5.17. The van der Waals surface area contributed by atoms with Crippen LogP contribution in [0.2, 0.25) is 0 Å². The minimum atomic E-state index is -1.35. The van der Waals surface area contributed by atoms with Gasteiger partial charge in [0.05, 0.1) is 20.2 Å². The normalized spacial score (nSPS) is 18.8. The molecule has 1 unspecified atom stereocenters. The van der Waals surface area contributed by atoms with Crippen molar-refractivity contribution in [3.63, 3.8) is 0 Å². The molecule has 1 atom stereocenters. The Labute approximate surface area is 169 Å². The number of nitrogens with one attached hydrogen (secondary N) is 3. The number of hydrogen-bond acceptors (Lipinski definition) is 6. The molecule has 3 N–H and O–H groups in total. The van der Waals surface area contributed by atoms with E-state index in [4.69, 9.17) is 4.74 Å². The highest BCUT2D eigenvalue weighted by Crippen LogP contribution is 2.30. The van der Waals surface area contributed by atoms with Gasteiger partial charge < -0.3 is 15.4 Å². The molecule has 0 saturated carbocycles. The van der Waals surface area contributed by atoms with Crippen LogP contribution in [-0.2, 0) is 19.9 Å². The predicted octanol–water partition coefficient (Wildman–Crippen LogP) is -0.0502. The van der Waals surface area contributed by atoms with Crippen LogP contribution < -0.4 is 20.8 Å². The molecule has 1 saturated heterocycles. The van der Waals surface area contributed by atoms with Gasteiger partial charge in [-0.3, -0.25) is 24.7 Å². The smallest absolute Gasteiger partial charge is 0.344 e. The number of ether oxygens (including phenoxy) is 1. The number of urea groups is 1. The van der Waals surface area contributed by atoms with Crippen molar-refractivity contribution in [2.24, 2.45) is 0 Å². The third-order valence-electron chi connectivity index (χ3n) is 4.35. The van der Waals surface area contributed by atoms with E-state index in [1.807, 2.05) is 13.8 Å². The van der Waals surface area contributed by atoms with Gasteiger partial charge in [-0.15, -0.1) is 0 Å². The van der Waals surface area contributed by atoms with Gasteiger partial charge in [0.1, 0.15) is 11.3 Å². The largest absolute Gasteiger partial charge is 0.497 e. The fourth-order valence-corrected chi connectivity index (χ4v) is 2.94. The first kappa shape index (κ1) is 22.2. The fraction of sp³-hybridized carbons (Fsp3) is 0.474. The van der Waals surface area contributed by atoms with Crippen LogP contribution in [0.15, 0.2) is 24.3 Å². The Hall–Kier alpha value is -3.14. The van der Waals surface area contributed by atoms with E-state index in [0.29, 0.717) is 16.3 Å². The summed E-state index contributed by atoms with van der Waals surface area (Å²) in [6, 6.07) is 6.01. The van der Waals surface area contributed by atoms with Gasteiger partial charge in [-0.25, -0.2) is 4.79 Å². The zero-order valence-electron chi connectivity index (χ0n) is 17.2. The van der Waals surface area contributed by atoms with Crippen molar-refractivity contribution in [3.8, 4) is 5.75 Å². The van der Waals surface area contributed by atoms with Crippen molar-refractivity contribution >= 4 is 23.8 Å². The summed E-state index contributed by atoms with van der Waals surface area (Å²) in [5.41, 5.74) is 1.48. The van der Waals surface area contributed by atoms with Crippen LogP contribution in [-0.4, -0.2) is 67.0 Å². The molecule has 0 spiro atoms. The zero-order valence-corrected chi connectivity index (χ0v) is 17.2. The third-order valence-corrected chi connectivity index (χ3v) is 4.35. The van der Waals surface area contributed by atoms with Gasteiger partial charge in [-0.05, 0) is 45.5 Å². The monoisotopic (exact) mass is 405 g/mol. The number of hydrogen-bond donors (Lipinski definition) is 3. The fourth-order valence-electron chi connectivity index (χ4n) is 2.94. The van der Waals surface area contributed by atoms with Gasteiger partial charge in [0.25, 0.3) is 11.8 Å². The van der Waals surface area contributed by atoms with Gasteiger partial charge in [0.2, 0.25) is 5.91 Å². The van der Waals surface area contributed by atoms with E-state index >= 15 is 0 Å². The lowest BCUT2D eigenvalue weighted by atomic mass is 9.92. The molecule has 158 valence electrons. The predicted molar refractivity (Wildman–Crippen MR) is 105 cm³/mol. The summed E-state index contributed by atoms with van der Waals surface area (Å²) >= 11 is 0. The van der Waals surface area contributed by atoms with Crippen LogP contribution in [0, 0.1) is 0 Å². The number of benzene rings is 1. The van der Waals surface area contributed by atoms with Crippen LogP contribution in [0.5, 0.6) is 5.75 Å². The summed E-state index contributed by atoms with van der Waals surface area (Å²) in [7, 11) is 3.09. The molecule has 10 nitrogen and oxygen atoms in total. The van der Waals surface area contributed by atoms with Crippen LogP contribution >= 0.6 is 0 Å². The second-order valence-electron chi connectivity index (χ2n) is 7.36. The topological polar surface area (TPSA) is 120 Å². The molecule has 5 amide bonds. The second kappa shape index (κ2) is 8.91. The number of amides is 5. The molecular weight excluding hydrogens is 378 g/mol. The van der Waals surface area contributed by atoms with Gasteiger partial charge in [0.15, 0.2) is 0 Å². The number of nitrogens with zero attached hydrogens (tertiary/aromatic N) is 2. The van der Waals surface area contributed by atoms with Crippen LogP contribution in [0.3, 0.4) is 0 Å². The molecule has 0 aliphatic carbocycles. The van der Waals surface area contributed by atoms with E-state index in [1.165, 1.54) is 12.0 Å². The van der Waals surface area contributed by atoms with Gasteiger partial charge in [0, 0.05) is 6.04 Å². The number of carbonyl (C=O) groups excluding carboxylic acids is 4. The van der Waals surface area contributed by atoms with Crippen LogP contribution in [0.25, 0.3) is 0 Å². The second-order valence-corrected chi connectivity index (χ2v) is 7.36.